The Morgan fingerprint density at radius 3 is 2.22 bits per heavy atom. The summed E-state index contributed by atoms with van der Waals surface area (Å²) in [6.45, 7) is 5.84. The van der Waals surface area contributed by atoms with Gasteiger partial charge in [0.1, 0.15) is 11.6 Å². The molecule has 0 amide bonds. The Hall–Kier alpha value is -2.34. The zero-order valence-corrected chi connectivity index (χ0v) is 10.7. The van der Waals surface area contributed by atoms with Crippen LogP contribution in [0.5, 0.6) is 0 Å². The van der Waals surface area contributed by atoms with Crippen molar-refractivity contribution in [1.82, 2.24) is 4.57 Å². The molecule has 3 heteroatoms. The van der Waals surface area contributed by atoms with Gasteiger partial charge in [-0.05, 0) is 56.2 Å². The molecule has 0 saturated heterocycles. The van der Waals surface area contributed by atoms with Crippen LogP contribution in [0.25, 0.3) is 5.69 Å². The van der Waals surface area contributed by atoms with Gasteiger partial charge in [0.2, 0.25) is 0 Å². The molecule has 0 atom stereocenters. The van der Waals surface area contributed by atoms with Gasteiger partial charge in [-0.15, -0.1) is 0 Å². The van der Waals surface area contributed by atoms with Crippen molar-refractivity contribution in [2.75, 3.05) is 0 Å². The second-order valence-corrected chi connectivity index (χ2v) is 4.49. The van der Waals surface area contributed by atoms with Gasteiger partial charge < -0.3 is 0 Å². The highest BCUT2D eigenvalue weighted by Crippen LogP contribution is 2.14. The van der Waals surface area contributed by atoms with Crippen molar-refractivity contribution in [2.24, 2.45) is 0 Å². The molecule has 0 N–H and O–H groups in total. The molecule has 0 bridgehead atoms. The standard InChI is InChI=1S/C15H14N2O/c1-10-6-11(2)8-14(7-10)17-12(3)4-5-13(9-16)15(17)18/h4-8H,1-3H3. The molecule has 0 saturated carbocycles. The normalized spacial score (nSPS) is 10.1. The zero-order chi connectivity index (χ0) is 13.3. The van der Waals surface area contributed by atoms with Gasteiger partial charge in [0.25, 0.3) is 5.56 Å². The van der Waals surface area contributed by atoms with Crippen molar-refractivity contribution in [3.63, 3.8) is 0 Å². The summed E-state index contributed by atoms with van der Waals surface area (Å²) < 4.78 is 1.58. The third kappa shape index (κ3) is 2.05. The van der Waals surface area contributed by atoms with E-state index in [1.54, 1.807) is 16.7 Å². The lowest BCUT2D eigenvalue weighted by Gasteiger charge is -2.11. The number of nitrogens with zero attached hydrogens (tertiary/aromatic N) is 2. The average molecular weight is 238 g/mol. The summed E-state index contributed by atoms with van der Waals surface area (Å²) in [7, 11) is 0. The number of hydrogen-bond donors (Lipinski definition) is 0. The molecular weight excluding hydrogens is 224 g/mol. The van der Waals surface area contributed by atoms with Gasteiger partial charge >= 0.3 is 0 Å². The van der Waals surface area contributed by atoms with Gasteiger partial charge in [-0.25, -0.2) is 0 Å². The van der Waals surface area contributed by atoms with Crippen LogP contribution >= 0.6 is 0 Å². The van der Waals surface area contributed by atoms with Gasteiger partial charge in [0.05, 0.1) is 0 Å². The number of nitriles is 1. The Balaban J connectivity index is 2.79. The molecule has 0 fully saturated rings. The van der Waals surface area contributed by atoms with Crippen molar-refractivity contribution in [3.8, 4) is 11.8 Å². The van der Waals surface area contributed by atoms with E-state index in [0.29, 0.717) is 0 Å². The minimum absolute atomic E-state index is 0.166. The van der Waals surface area contributed by atoms with Crippen LogP contribution in [0.4, 0.5) is 0 Å². The Morgan fingerprint density at radius 2 is 1.67 bits per heavy atom. The predicted molar refractivity (Wildman–Crippen MR) is 71.0 cm³/mol. The lowest BCUT2D eigenvalue weighted by Crippen LogP contribution is -2.22. The van der Waals surface area contributed by atoms with Crippen molar-refractivity contribution < 1.29 is 0 Å². The molecule has 1 aromatic carbocycles. The third-order valence-corrected chi connectivity index (χ3v) is 2.86. The highest BCUT2D eigenvalue weighted by Gasteiger charge is 2.08. The molecule has 0 unspecified atom stereocenters. The summed E-state index contributed by atoms with van der Waals surface area (Å²) in [6.07, 6.45) is 0. The number of rotatable bonds is 1. The van der Waals surface area contributed by atoms with Crippen LogP contribution in [-0.4, -0.2) is 4.57 Å². The maximum atomic E-state index is 12.2. The summed E-state index contributed by atoms with van der Waals surface area (Å²) in [5.74, 6) is 0. The summed E-state index contributed by atoms with van der Waals surface area (Å²) in [4.78, 5) is 12.2. The lowest BCUT2D eigenvalue weighted by atomic mass is 10.1. The molecule has 18 heavy (non-hydrogen) atoms. The quantitative estimate of drug-likeness (QED) is 0.766. The highest BCUT2D eigenvalue weighted by molar-refractivity contribution is 5.42. The molecule has 0 aliphatic carbocycles. The molecular formula is C15H14N2O. The largest absolute Gasteiger partial charge is 0.280 e. The fraction of sp³-hybridized carbons (Fsp3) is 0.200. The predicted octanol–water partition coefficient (Wildman–Crippen LogP) is 2.63. The number of benzene rings is 1. The Labute approximate surface area is 106 Å². The first kappa shape index (κ1) is 12.1. The zero-order valence-electron chi connectivity index (χ0n) is 10.7. The maximum absolute atomic E-state index is 12.2. The number of hydrogen-bond acceptors (Lipinski definition) is 2. The minimum Gasteiger partial charge on any atom is -0.280 e. The lowest BCUT2D eigenvalue weighted by molar-refractivity contribution is 0.925. The molecule has 0 aliphatic rings. The van der Waals surface area contributed by atoms with Crippen LogP contribution in [0.3, 0.4) is 0 Å². The van der Waals surface area contributed by atoms with E-state index in [-0.39, 0.29) is 11.1 Å². The summed E-state index contributed by atoms with van der Waals surface area (Å²) in [6, 6.07) is 11.2. The van der Waals surface area contributed by atoms with Crippen LogP contribution in [0.2, 0.25) is 0 Å². The van der Waals surface area contributed by atoms with Crippen LogP contribution < -0.4 is 5.56 Å². The van der Waals surface area contributed by atoms with E-state index in [1.165, 1.54) is 0 Å². The molecule has 2 rings (SSSR count). The molecule has 2 aromatic rings. The molecule has 1 heterocycles. The summed E-state index contributed by atoms with van der Waals surface area (Å²) in [5, 5.41) is 8.93. The van der Waals surface area contributed by atoms with E-state index in [2.05, 4.69) is 6.07 Å². The molecule has 0 radical (unpaired) electrons. The molecule has 0 spiro atoms. The molecule has 1 aromatic heterocycles. The monoisotopic (exact) mass is 238 g/mol. The Kier molecular flexibility index (Phi) is 3.03. The van der Waals surface area contributed by atoms with Gasteiger partial charge in [0, 0.05) is 11.4 Å². The Morgan fingerprint density at radius 1 is 1.06 bits per heavy atom. The molecule has 0 aliphatic heterocycles. The fourth-order valence-corrected chi connectivity index (χ4v) is 2.12. The van der Waals surface area contributed by atoms with Crippen molar-refractivity contribution in [1.29, 1.82) is 5.26 Å². The topological polar surface area (TPSA) is 45.8 Å². The highest BCUT2D eigenvalue weighted by atomic mass is 16.1. The van der Waals surface area contributed by atoms with E-state index in [4.69, 9.17) is 5.26 Å². The number of aromatic nitrogens is 1. The smallest absolute Gasteiger partial charge is 0.273 e. The molecule has 90 valence electrons. The van der Waals surface area contributed by atoms with Crippen LogP contribution in [-0.2, 0) is 0 Å². The van der Waals surface area contributed by atoms with Crippen molar-refractivity contribution >= 4 is 0 Å². The third-order valence-electron chi connectivity index (χ3n) is 2.86. The van der Waals surface area contributed by atoms with E-state index in [1.807, 2.05) is 39.0 Å². The summed E-state index contributed by atoms with van der Waals surface area (Å²) >= 11 is 0. The number of aryl methyl sites for hydroxylation is 3. The van der Waals surface area contributed by atoms with Gasteiger partial charge in [-0.3, -0.25) is 9.36 Å². The van der Waals surface area contributed by atoms with E-state index >= 15 is 0 Å². The second-order valence-electron chi connectivity index (χ2n) is 4.49. The SMILES string of the molecule is Cc1cc(C)cc(-n2c(C)ccc(C#N)c2=O)c1. The van der Waals surface area contributed by atoms with Gasteiger partial charge in [-0.1, -0.05) is 6.07 Å². The second kappa shape index (κ2) is 4.50. The van der Waals surface area contributed by atoms with Gasteiger partial charge in [0.15, 0.2) is 0 Å². The van der Waals surface area contributed by atoms with E-state index in [0.717, 1.165) is 22.5 Å². The fourth-order valence-electron chi connectivity index (χ4n) is 2.12. The van der Waals surface area contributed by atoms with Crippen LogP contribution in [0.1, 0.15) is 22.4 Å². The first-order valence-corrected chi connectivity index (χ1v) is 5.74. The van der Waals surface area contributed by atoms with E-state index in [9.17, 15) is 4.79 Å². The van der Waals surface area contributed by atoms with Crippen molar-refractivity contribution in [2.45, 2.75) is 20.8 Å². The van der Waals surface area contributed by atoms with Gasteiger partial charge in [-0.2, -0.15) is 5.26 Å². The first-order chi connectivity index (χ1) is 8.52. The Bertz CT molecular complexity index is 685. The van der Waals surface area contributed by atoms with Crippen LogP contribution in [0, 0.1) is 32.1 Å². The average Bonchev–Trinajstić information content (AvgIpc) is 2.28. The minimum atomic E-state index is -0.262. The van der Waals surface area contributed by atoms with E-state index < -0.39 is 0 Å². The number of pyridine rings is 1. The summed E-state index contributed by atoms with van der Waals surface area (Å²) in [5.41, 5.74) is 3.73. The maximum Gasteiger partial charge on any atom is 0.273 e. The first-order valence-electron chi connectivity index (χ1n) is 5.74. The molecule has 3 nitrogen and oxygen atoms in total. The van der Waals surface area contributed by atoms with Crippen LogP contribution in [0.15, 0.2) is 35.1 Å². The van der Waals surface area contributed by atoms with Crippen molar-refractivity contribution in [3.05, 3.63) is 63.1 Å².